The molecule has 0 unspecified atom stereocenters. The maximum absolute atomic E-state index is 12.4. The summed E-state index contributed by atoms with van der Waals surface area (Å²) in [5, 5.41) is 3.91. The minimum atomic E-state index is -0.514. The first-order chi connectivity index (χ1) is 16.0. The summed E-state index contributed by atoms with van der Waals surface area (Å²) in [4.78, 5) is 24.3. The quantitative estimate of drug-likeness (QED) is 0.199. The van der Waals surface area contributed by atoms with E-state index in [1.54, 1.807) is 67.8 Å². The van der Waals surface area contributed by atoms with E-state index in [0.29, 0.717) is 28.4 Å². The lowest BCUT2D eigenvalue weighted by molar-refractivity contribution is -0.123. The maximum atomic E-state index is 12.4. The molecular formula is C24H21BrN2O6. The Morgan fingerprint density at radius 3 is 2.39 bits per heavy atom. The van der Waals surface area contributed by atoms with Crippen molar-refractivity contribution in [3.8, 4) is 23.0 Å². The van der Waals surface area contributed by atoms with Crippen LogP contribution in [0.1, 0.15) is 15.9 Å². The van der Waals surface area contributed by atoms with Crippen LogP contribution in [0, 0.1) is 0 Å². The Labute approximate surface area is 199 Å². The lowest BCUT2D eigenvalue weighted by Crippen LogP contribution is -2.24. The molecule has 0 radical (unpaired) electrons. The van der Waals surface area contributed by atoms with E-state index in [9.17, 15) is 9.59 Å². The van der Waals surface area contributed by atoms with Crippen molar-refractivity contribution in [1.29, 1.82) is 0 Å². The number of esters is 1. The monoisotopic (exact) mass is 512 g/mol. The van der Waals surface area contributed by atoms with E-state index in [1.807, 2.05) is 6.07 Å². The molecule has 1 amide bonds. The van der Waals surface area contributed by atoms with Gasteiger partial charge >= 0.3 is 5.97 Å². The highest BCUT2D eigenvalue weighted by molar-refractivity contribution is 9.10. The third-order valence-corrected chi connectivity index (χ3v) is 4.78. The molecule has 9 heteroatoms. The molecule has 8 nitrogen and oxygen atoms in total. The van der Waals surface area contributed by atoms with Gasteiger partial charge in [0.25, 0.3) is 5.91 Å². The molecule has 0 bridgehead atoms. The molecule has 0 saturated heterocycles. The summed E-state index contributed by atoms with van der Waals surface area (Å²) in [6.07, 6.45) is 1.44. The lowest BCUT2D eigenvalue weighted by atomic mass is 10.2. The van der Waals surface area contributed by atoms with Crippen LogP contribution in [0.2, 0.25) is 0 Å². The molecule has 0 aliphatic carbocycles. The van der Waals surface area contributed by atoms with E-state index in [1.165, 1.54) is 13.3 Å². The summed E-state index contributed by atoms with van der Waals surface area (Å²) in [6.45, 7) is -0.197. The van der Waals surface area contributed by atoms with Crippen LogP contribution in [0.3, 0.4) is 0 Å². The average Bonchev–Trinajstić information content (AvgIpc) is 2.83. The minimum absolute atomic E-state index is 0.197. The summed E-state index contributed by atoms with van der Waals surface area (Å²) >= 11 is 3.33. The summed E-state index contributed by atoms with van der Waals surface area (Å²) in [7, 11) is 3.03. The topological polar surface area (TPSA) is 95.5 Å². The fraction of sp³-hybridized carbons (Fsp3) is 0.125. The number of carbonyl (C=O) groups is 2. The Balaban J connectivity index is 1.55. The molecule has 0 heterocycles. The zero-order valence-corrected chi connectivity index (χ0v) is 19.5. The SMILES string of the molecule is COc1ccc(OCC(=O)NN=Cc2ccc(OC(=O)c3cccc(Br)c3)c(OC)c2)cc1. The Morgan fingerprint density at radius 1 is 0.939 bits per heavy atom. The lowest BCUT2D eigenvalue weighted by Gasteiger charge is -2.10. The van der Waals surface area contributed by atoms with Crippen LogP contribution < -0.4 is 24.4 Å². The smallest absolute Gasteiger partial charge is 0.343 e. The van der Waals surface area contributed by atoms with Gasteiger partial charge in [0.05, 0.1) is 26.0 Å². The van der Waals surface area contributed by atoms with Crippen molar-refractivity contribution in [3.05, 3.63) is 82.3 Å². The number of carbonyl (C=O) groups excluding carboxylic acids is 2. The minimum Gasteiger partial charge on any atom is -0.497 e. The third-order valence-electron chi connectivity index (χ3n) is 4.28. The Bertz CT molecular complexity index is 1150. The van der Waals surface area contributed by atoms with Gasteiger partial charge in [0.15, 0.2) is 18.1 Å². The van der Waals surface area contributed by atoms with Gasteiger partial charge in [0, 0.05) is 4.47 Å². The number of benzene rings is 3. The molecule has 170 valence electrons. The van der Waals surface area contributed by atoms with Gasteiger partial charge in [-0.05, 0) is 66.2 Å². The van der Waals surface area contributed by atoms with Crippen LogP contribution in [-0.2, 0) is 4.79 Å². The molecular weight excluding hydrogens is 492 g/mol. The van der Waals surface area contributed by atoms with Crippen molar-refractivity contribution >= 4 is 34.0 Å². The number of ether oxygens (including phenoxy) is 4. The van der Waals surface area contributed by atoms with E-state index < -0.39 is 11.9 Å². The highest BCUT2D eigenvalue weighted by atomic mass is 79.9. The molecule has 1 N–H and O–H groups in total. The molecule has 3 aromatic rings. The number of hydrogen-bond donors (Lipinski definition) is 1. The molecule has 0 aliphatic rings. The number of hydrogen-bond acceptors (Lipinski definition) is 7. The third kappa shape index (κ3) is 7.08. The van der Waals surface area contributed by atoms with E-state index in [-0.39, 0.29) is 12.4 Å². The summed E-state index contributed by atoms with van der Waals surface area (Å²) in [6, 6.07) is 18.6. The number of rotatable bonds is 9. The Kier molecular flexibility index (Phi) is 8.43. The maximum Gasteiger partial charge on any atom is 0.343 e. The van der Waals surface area contributed by atoms with Gasteiger partial charge < -0.3 is 18.9 Å². The predicted molar refractivity (Wildman–Crippen MR) is 126 cm³/mol. The summed E-state index contributed by atoms with van der Waals surface area (Å²) < 4.78 is 22.0. The number of amides is 1. The molecule has 0 aromatic heterocycles. The van der Waals surface area contributed by atoms with Crippen molar-refractivity contribution in [1.82, 2.24) is 5.43 Å². The second-order valence-electron chi connectivity index (χ2n) is 6.57. The number of nitrogens with zero attached hydrogens (tertiary/aromatic N) is 1. The van der Waals surface area contributed by atoms with Crippen LogP contribution in [0.25, 0.3) is 0 Å². The number of methoxy groups -OCH3 is 2. The molecule has 3 aromatic carbocycles. The second-order valence-corrected chi connectivity index (χ2v) is 7.48. The van der Waals surface area contributed by atoms with Crippen LogP contribution >= 0.6 is 15.9 Å². The van der Waals surface area contributed by atoms with Gasteiger partial charge in [-0.3, -0.25) is 4.79 Å². The number of hydrazone groups is 1. The molecule has 3 rings (SSSR count). The predicted octanol–water partition coefficient (Wildman–Crippen LogP) is 4.21. The first-order valence-corrected chi connectivity index (χ1v) is 10.5. The summed E-state index contributed by atoms with van der Waals surface area (Å²) in [5.41, 5.74) is 3.41. The van der Waals surface area contributed by atoms with E-state index in [4.69, 9.17) is 18.9 Å². The normalized spacial score (nSPS) is 10.5. The fourth-order valence-electron chi connectivity index (χ4n) is 2.65. The van der Waals surface area contributed by atoms with Crippen LogP contribution in [0.4, 0.5) is 0 Å². The first-order valence-electron chi connectivity index (χ1n) is 9.73. The van der Waals surface area contributed by atoms with Gasteiger partial charge in [-0.2, -0.15) is 5.10 Å². The average molecular weight is 513 g/mol. The Morgan fingerprint density at radius 2 is 1.70 bits per heavy atom. The van der Waals surface area contributed by atoms with Gasteiger partial charge in [-0.15, -0.1) is 0 Å². The number of halogens is 1. The highest BCUT2D eigenvalue weighted by Crippen LogP contribution is 2.28. The van der Waals surface area contributed by atoms with Gasteiger partial charge in [-0.1, -0.05) is 22.0 Å². The second kappa shape index (κ2) is 11.7. The standard InChI is InChI=1S/C24H21BrN2O6/c1-30-19-7-9-20(10-8-19)32-15-23(28)27-26-14-16-6-11-21(22(12-16)31-2)33-24(29)17-4-3-5-18(25)13-17/h3-14H,15H2,1-2H3,(H,27,28). The largest absolute Gasteiger partial charge is 0.497 e. The summed E-state index contributed by atoms with van der Waals surface area (Å²) in [5.74, 6) is 0.898. The van der Waals surface area contributed by atoms with Crippen molar-refractivity contribution in [2.75, 3.05) is 20.8 Å². The molecule has 0 atom stereocenters. The van der Waals surface area contributed by atoms with Crippen molar-refractivity contribution in [2.24, 2.45) is 5.10 Å². The zero-order valence-electron chi connectivity index (χ0n) is 17.9. The van der Waals surface area contributed by atoms with E-state index in [2.05, 4.69) is 26.5 Å². The number of nitrogens with one attached hydrogen (secondary N) is 1. The van der Waals surface area contributed by atoms with Gasteiger partial charge in [0.1, 0.15) is 11.5 Å². The molecule has 0 fully saturated rings. The fourth-order valence-corrected chi connectivity index (χ4v) is 3.05. The van der Waals surface area contributed by atoms with Crippen LogP contribution in [-0.4, -0.2) is 38.9 Å². The molecule has 0 spiro atoms. The molecule has 0 saturated carbocycles. The van der Waals surface area contributed by atoms with Crippen molar-refractivity contribution in [2.45, 2.75) is 0 Å². The Hall–Kier alpha value is -3.85. The van der Waals surface area contributed by atoms with Crippen molar-refractivity contribution in [3.63, 3.8) is 0 Å². The van der Waals surface area contributed by atoms with E-state index >= 15 is 0 Å². The molecule has 33 heavy (non-hydrogen) atoms. The molecule has 0 aliphatic heterocycles. The van der Waals surface area contributed by atoms with Gasteiger partial charge in [-0.25, -0.2) is 10.2 Å². The first kappa shape index (κ1) is 23.8. The van der Waals surface area contributed by atoms with E-state index in [0.717, 1.165) is 4.47 Å². The van der Waals surface area contributed by atoms with Crippen molar-refractivity contribution < 1.29 is 28.5 Å². The van der Waals surface area contributed by atoms with Crippen LogP contribution in [0.15, 0.2) is 76.3 Å². The van der Waals surface area contributed by atoms with Gasteiger partial charge in [0.2, 0.25) is 0 Å². The van der Waals surface area contributed by atoms with Crippen LogP contribution in [0.5, 0.6) is 23.0 Å². The highest BCUT2D eigenvalue weighted by Gasteiger charge is 2.13. The zero-order chi connectivity index (χ0) is 23.6.